The van der Waals surface area contributed by atoms with Crippen LogP contribution in [-0.4, -0.2) is 17.1 Å². The fourth-order valence-corrected chi connectivity index (χ4v) is 1.33. The molecule has 3 nitrogen and oxygen atoms in total. The molecule has 0 spiro atoms. The SMILES string of the molecule is N[C@@H](Cc1ccc(CS)cc1)C(=O)O. The molecule has 1 aromatic rings. The molecule has 0 amide bonds. The molecule has 76 valence electrons. The van der Waals surface area contributed by atoms with Gasteiger partial charge in [0.15, 0.2) is 0 Å². The topological polar surface area (TPSA) is 63.3 Å². The maximum Gasteiger partial charge on any atom is 0.320 e. The van der Waals surface area contributed by atoms with Crippen LogP contribution in [0.2, 0.25) is 0 Å². The molecule has 0 heterocycles. The molecule has 0 saturated carbocycles. The van der Waals surface area contributed by atoms with Gasteiger partial charge in [-0.05, 0) is 17.5 Å². The quantitative estimate of drug-likeness (QED) is 0.653. The van der Waals surface area contributed by atoms with E-state index in [9.17, 15) is 4.79 Å². The van der Waals surface area contributed by atoms with E-state index in [-0.39, 0.29) is 0 Å². The van der Waals surface area contributed by atoms with Crippen LogP contribution in [0.1, 0.15) is 11.1 Å². The molecule has 0 aromatic heterocycles. The zero-order valence-electron chi connectivity index (χ0n) is 7.68. The van der Waals surface area contributed by atoms with Gasteiger partial charge in [0.1, 0.15) is 6.04 Å². The van der Waals surface area contributed by atoms with Crippen molar-refractivity contribution in [3.8, 4) is 0 Å². The number of thiol groups is 1. The van der Waals surface area contributed by atoms with Crippen molar-refractivity contribution in [1.82, 2.24) is 0 Å². The Hall–Kier alpha value is -1.00. The van der Waals surface area contributed by atoms with Crippen molar-refractivity contribution in [3.05, 3.63) is 35.4 Å². The zero-order chi connectivity index (χ0) is 10.6. The van der Waals surface area contributed by atoms with E-state index in [0.717, 1.165) is 11.1 Å². The molecule has 0 bridgehead atoms. The largest absolute Gasteiger partial charge is 0.480 e. The van der Waals surface area contributed by atoms with Crippen molar-refractivity contribution in [2.75, 3.05) is 0 Å². The summed E-state index contributed by atoms with van der Waals surface area (Å²) in [5.74, 6) is -0.283. The maximum absolute atomic E-state index is 10.5. The maximum atomic E-state index is 10.5. The van der Waals surface area contributed by atoms with E-state index >= 15 is 0 Å². The molecule has 0 radical (unpaired) electrons. The lowest BCUT2D eigenvalue weighted by atomic mass is 10.1. The number of rotatable bonds is 4. The Kier molecular flexibility index (Phi) is 3.98. The number of hydrogen-bond donors (Lipinski definition) is 3. The van der Waals surface area contributed by atoms with Crippen LogP contribution < -0.4 is 5.73 Å². The van der Waals surface area contributed by atoms with E-state index in [1.54, 1.807) is 0 Å². The predicted molar refractivity (Wildman–Crippen MR) is 58.4 cm³/mol. The normalized spacial score (nSPS) is 12.4. The van der Waals surface area contributed by atoms with E-state index in [0.29, 0.717) is 12.2 Å². The van der Waals surface area contributed by atoms with Gasteiger partial charge in [-0.25, -0.2) is 0 Å². The minimum Gasteiger partial charge on any atom is -0.480 e. The smallest absolute Gasteiger partial charge is 0.320 e. The van der Waals surface area contributed by atoms with Crippen molar-refractivity contribution in [1.29, 1.82) is 0 Å². The van der Waals surface area contributed by atoms with Crippen LogP contribution in [0.3, 0.4) is 0 Å². The van der Waals surface area contributed by atoms with Crippen LogP contribution in [0.25, 0.3) is 0 Å². The molecular formula is C10H13NO2S. The fourth-order valence-electron chi connectivity index (χ4n) is 1.12. The second-order valence-electron chi connectivity index (χ2n) is 3.12. The van der Waals surface area contributed by atoms with Gasteiger partial charge in [0.2, 0.25) is 0 Å². The highest BCUT2D eigenvalue weighted by molar-refractivity contribution is 7.79. The summed E-state index contributed by atoms with van der Waals surface area (Å²) >= 11 is 4.13. The van der Waals surface area contributed by atoms with Crippen molar-refractivity contribution in [2.24, 2.45) is 5.73 Å². The molecule has 0 aliphatic heterocycles. The zero-order valence-corrected chi connectivity index (χ0v) is 8.58. The highest BCUT2D eigenvalue weighted by Gasteiger charge is 2.11. The Bertz CT molecular complexity index is 310. The lowest BCUT2D eigenvalue weighted by Crippen LogP contribution is -2.32. The predicted octanol–water partition coefficient (Wildman–Crippen LogP) is 1.07. The van der Waals surface area contributed by atoms with Gasteiger partial charge in [0.25, 0.3) is 0 Å². The first kappa shape index (κ1) is 11.1. The summed E-state index contributed by atoms with van der Waals surface area (Å²) in [6.45, 7) is 0. The van der Waals surface area contributed by atoms with Gasteiger partial charge in [-0.1, -0.05) is 24.3 Å². The van der Waals surface area contributed by atoms with Gasteiger partial charge in [0.05, 0.1) is 0 Å². The molecule has 3 N–H and O–H groups in total. The lowest BCUT2D eigenvalue weighted by Gasteiger charge is -2.06. The molecule has 0 aliphatic carbocycles. The highest BCUT2D eigenvalue weighted by Crippen LogP contribution is 2.08. The van der Waals surface area contributed by atoms with Crippen molar-refractivity contribution in [2.45, 2.75) is 18.2 Å². The summed E-state index contributed by atoms with van der Waals surface area (Å²) in [4.78, 5) is 10.5. The number of nitrogens with two attached hydrogens (primary N) is 1. The first-order valence-corrected chi connectivity index (χ1v) is 4.94. The first-order chi connectivity index (χ1) is 6.63. The Balaban J connectivity index is 2.64. The average Bonchev–Trinajstić information content (AvgIpc) is 2.19. The molecule has 4 heteroatoms. The van der Waals surface area contributed by atoms with Gasteiger partial charge in [-0.15, -0.1) is 0 Å². The van der Waals surface area contributed by atoms with Crippen LogP contribution in [0, 0.1) is 0 Å². The van der Waals surface area contributed by atoms with Crippen molar-refractivity contribution < 1.29 is 9.90 Å². The molecule has 1 atom stereocenters. The van der Waals surface area contributed by atoms with Crippen LogP contribution in [0.5, 0.6) is 0 Å². The van der Waals surface area contributed by atoms with Crippen LogP contribution in [0.15, 0.2) is 24.3 Å². The second-order valence-corrected chi connectivity index (χ2v) is 3.44. The molecule has 0 fully saturated rings. The molecule has 14 heavy (non-hydrogen) atoms. The Morgan fingerprint density at radius 1 is 1.36 bits per heavy atom. The Morgan fingerprint density at radius 2 is 1.86 bits per heavy atom. The average molecular weight is 211 g/mol. The number of aliphatic carboxylic acids is 1. The summed E-state index contributed by atoms with van der Waals surface area (Å²) in [7, 11) is 0. The van der Waals surface area contributed by atoms with Crippen LogP contribution in [0.4, 0.5) is 0 Å². The third kappa shape index (κ3) is 3.05. The Labute approximate surface area is 88.3 Å². The first-order valence-electron chi connectivity index (χ1n) is 4.30. The number of hydrogen-bond acceptors (Lipinski definition) is 3. The van der Waals surface area contributed by atoms with Gasteiger partial charge in [0, 0.05) is 5.75 Å². The lowest BCUT2D eigenvalue weighted by molar-refractivity contribution is -0.138. The van der Waals surface area contributed by atoms with Gasteiger partial charge in [-0.2, -0.15) is 12.6 Å². The van der Waals surface area contributed by atoms with Crippen molar-refractivity contribution >= 4 is 18.6 Å². The number of benzene rings is 1. The third-order valence-electron chi connectivity index (χ3n) is 1.98. The van der Waals surface area contributed by atoms with E-state index in [1.807, 2.05) is 24.3 Å². The molecular weight excluding hydrogens is 198 g/mol. The fraction of sp³-hybridized carbons (Fsp3) is 0.300. The molecule has 0 unspecified atom stereocenters. The van der Waals surface area contributed by atoms with Gasteiger partial charge >= 0.3 is 5.97 Å². The standard InChI is InChI=1S/C10H13NO2S/c11-9(10(12)13)5-7-1-3-8(6-14)4-2-7/h1-4,9,14H,5-6,11H2,(H,12,13)/t9-/m0/s1. The molecule has 1 rings (SSSR count). The number of carboxylic acids is 1. The monoisotopic (exact) mass is 211 g/mol. The summed E-state index contributed by atoms with van der Waals surface area (Å²) in [5, 5.41) is 8.61. The second kappa shape index (κ2) is 5.02. The summed E-state index contributed by atoms with van der Waals surface area (Å²) < 4.78 is 0. The van der Waals surface area contributed by atoms with Crippen LogP contribution in [-0.2, 0) is 17.0 Å². The van der Waals surface area contributed by atoms with Crippen LogP contribution >= 0.6 is 12.6 Å². The van der Waals surface area contributed by atoms with E-state index < -0.39 is 12.0 Å². The van der Waals surface area contributed by atoms with E-state index in [2.05, 4.69) is 12.6 Å². The summed E-state index contributed by atoms with van der Waals surface area (Å²) in [5.41, 5.74) is 7.45. The number of carbonyl (C=O) groups is 1. The molecule has 0 saturated heterocycles. The highest BCUT2D eigenvalue weighted by atomic mass is 32.1. The van der Waals surface area contributed by atoms with E-state index in [4.69, 9.17) is 10.8 Å². The summed E-state index contributed by atoms with van der Waals surface area (Å²) in [6, 6.07) is 6.80. The molecule has 1 aromatic carbocycles. The number of carboxylic acid groups (broad SMARTS) is 1. The minimum absolute atomic E-state index is 0.363. The Morgan fingerprint density at radius 3 is 2.29 bits per heavy atom. The van der Waals surface area contributed by atoms with Gasteiger partial charge in [-0.3, -0.25) is 4.79 Å². The third-order valence-corrected chi connectivity index (χ3v) is 2.34. The summed E-state index contributed by atoms with van der Waals surface area (Å²) in [6.07, 6.45) is 0.363. The molecule has 0 aliphatic rings. The van der Waals surface area contributed by atoms with E-state index in [1.165, 1.54) is 0 Å². The minimum atomic E-state index is -0.969. The van der Waals surface area contributed by atoms with Crippen molar-refractivity contribution in [3.63, 3.8) is 0 Å². The van der Waals surface area contributed by atoms with Gasteiger partial charge < -0.3 is 10.8 Å².